The molecule has 2 fully saturated rings. The van der Waals surface area contributed by atoms with E-state index in [4.69, 9.17) is 4.74 Å². The van der Waals surface area contributed by atoms with Crippen LogP contribution in [0.15, 0.2) is 24.3 Å². The predicted octanol–water partition coefficient (Wildman–Crippen LogP) is 6.14. The molecule has 2 aliphatic rings. The third kappa shape index (κ3) is 4.16. The topological polar surface area (TPSA) is 29.5 Å². The number of carbonyl (C=O) groups excluding carboxylic acids is 1. The Hall–Kier alpha value is -2.19. The summed E-state index contributed by atoms with van der Waals surface area (Å²) in [6.45, 7) is 5.28. The Kier molecular flexibility index (Phi) is 5.40. The highest BCUT2D eigenvalue weighted by atomic mass is 19.4. The Morgan fingerprint density at radius 2 is 1.77 bits per heavy atom. The molecule has 1 aliphatic heterocycles. The maximum atomic E-state index is 14.6. The Morgan fingerprint density at radius 1 is 1.17 bits per heavy atom. The summed E-state index contributed by atoms with van der Waals surface area (Å²) in [5.74, 6) is -5.37. The number of allylic oxidation sites excluding steroid dienone is 1. The molecule has 0 aromatic heterocycles. The van der Waals surface area contributed by atoms with Gasteiger partial charge in [-0.1, -0.05) is 18.2 Å². The zero-order valence-corrected chi connectivity index (χ0v) is 16.8. The van der Waals surface area contributed by atoms with Crippen molar-refractivity contribution in [1.29, 1.82) is 0 Å². The van der Waals surface area contributed by atoms with Crippen LogP contribution in [0.5, 0.6) is 0 Å². The van der Waals surface area contributed by atoms with Crippen LogP contribution in [0.25, 0.3) is 6.08 Å². The number of hydrogen-bond donors (Lipinski definition) is 0. The number of hydrogen-bond acceptors (Lipinski definition) is 2. The number of ether oxygens (including phenoxy) is 1. The first-order valence-electron chi connectivity index (χ1n) is 9.58. The lowest BCUT2D eigenvalue weighted by Gasteiger charge is -2.33. The van der Waals surface area contributed by atoms with Gasteiger partial charge in [-0.3, -0.25) is 0 Å². The van der Waals surface area contributed by atoms with E-state index < -0.39 is 46.5 Å². The van der Waals surface area contributed by atoms with Gasteiger partial charge in [-0.15, -0.1) is 0 Å². The van der Waals surface area contributed by atoms with E-state index in [1.54, 1.807) is 20.8 Å². The second kappa shape index (κ2) is 7.20. The van der Waals surface area contributed by atoms with Crippen LogP contribution in [0.4, 0.5) is 31.1 Å². The summed E-state index contributed by atoms with van der Waals surface area (Å²) >= 11 is 0. The number of carbonyl (C=O) groups is 1. The number of rotatable bonds is 2. The summed E-state index contributed by atoms with van der Waals surface area (Å²) in [6.07, 6.45) is -3.28. The monoisotopic (exact) mass is 435 g/mol. The Labute approximate surface area is 170 Å². The van der Waals surface area contributed by atoms with E-state index in [0.29, 0.717) is 6.07 Å². The van der Waals surface area contributed by atoms with Crippen LogP contribution in [0, 0.1) is 17.2 Å². The maximum Gasteiger partial charge on any atom is 0.417 e. The molecule has 3 rings (SSSR count). The quantitative estimate of drug-likeness (QED) is 0.523. The van der Waals surface area contributed by atoms with E-state index in [-0.39, 0.29) is 31.5 Å². The standard InChI is InChI=1S/C21H23F6NO2/c1-18(2,3)30-17(29)28-10-8-19(9-11-28)16(20(19,23)24)7-5-13-4-6-14(22)12-15(13)21(25,26)27/h4-7,12,16H,8-11H2,1-3H3/b7-5+. The Morgan fingerprint density at radius 3 is 2.30 bits per heavy atom. The summed E-state index contributed by atoms with van der Waals surface area (Å²) < 4.78 is 86.9. The zero-order chi connectivity index (χ0) is 22.5. The molecule has 9 heteroatoms. The van der Waals surface area contributed by atoms with Crippen molar-refractivity contribution in [2.24, 2.45) is 11.3 Å². The van der Waals surface area contributed by atoms with E-state index in [0.717, 1.165) is 24.3 Å². The van der Waals surface area contributed by atoms with Crippen molar-refractivity contribution in [3.8, 4) is 0 Å². The molecule has 1 unspecified atom stereocenters. The first kappa shape index (κ1) is 22.5. The molecular formula is C21H23F6NO2. The van der Waals surface area contributed by atoms with Gasteiger partial charge >= 0.3 is 12.3 Å². The fraction of sp³-hybridized carbons (Fsp3) is 0.571. The van der Waals surface area contributed by atoms with E-state index in [2.05, 4.69) is 0 Å². The van der Waals surface area contributed by atoms with Crippen molar-refractivity contribution in [3.05, 3.63) is 41.2 Å². The number of benzene rings is 1. The molecule has 0 bridgehead atoms. The van der Waals surface area contributed by atoms with E-state index in [1.807, 2.05) is 0 Å². The van der Waals surface area contributed by atoms with E-state index in [1.165, 1.54) is 4.90 Å². The van der Waals surface area contributed by atoms with Gasteiger partial charge in [0.2, 0.25) is 0 Å². The van der Waals surface area contributed by atoms with Crippen LogP contribution in [-0.4, -0.2) is 35.6 Å². The molecule has 0 N–H and O–H groups in total. The van der Waals surface area contributed by atoms with Gasteiger partial charge in [0.25, 0.3) is 5.92 Å². The lowest BCUT2D eigenvalue weighted by Crippen LogP contribution is -2.43. The molecule has 3 nitrogen and oxygen atoms in total. The van der Waals surface area contributed by atoms with Crippen molar-refractivity contribution in [2.75, 3.05) is 13.1 Å². The van der Waals surface area contributed by atoms with Crippen molar-refractivity contribution in [3.63, 3.8) is 0 Å². The van der Waals surface area contributed by atoms with E-state index >= 15 is 0 Å². The maximum absolute atomic E-state index is 14.6. The first-order chi connectivity index (χ1) is 13.7. The summed E-state index contributed by atoms with van der Waals surface area (Å²) in [7, 11) is 0. The average Bonchev–Trinajstić information content (AvgIpc) is 3.04. The summed E-state index contributed by atoms with van der Waals surface area (Å²) in [5, 5.41) is 0. The number of nitrogens with zero attached hydrogens (tertiary/aromatic N) is 1. The normalized spacial score (nSPS) is 23.1. The molecular weight excluding hydrogens is 412 g/mol. The van der Waals surface area contributed by atoms with Gasteiger partial charge < -0.3 is 9.64 Å². The van der Waals surface area contributed by atoms with Crippen molar-refractivity contribution >= 4 is 12.2 Å². The van der Waals surface area contributed by atoms with Crippen LogP contribution < -0.4 is 0 Å². The van der Waals surface area contributed by atoms with Crippen molar-refractivity contribution < 1.29 is 35.9 Å². The second-order valence-electron chi connectivity index (χ2n) is 8.81. The molecule has 30 heavy (non-hydrogen) atoms. The van der Waals surface area contributed by atoms with Gasteiger partial charge in [-0.25, -0.2) is 18.0 Å². The van der Waals surface area contributed by atoms with Crippen LogP contribution in [-0.2, 0) is 10.9 Å². The third-order valence-corrected chi connectivity index (χ3v) is 5.66. The lowest BCUT2D eigenvalue weighted by molar-refractivity contribution is -0.137. The summed E-state index contributed by atoms with van der Waals surface area (Å²) in [4.78, 5) is 13.5. The first-order valence-corrected chi connectivity index (χ1v) is 9.58. The average molecular weight is 435 g/mol. The number of halogens is 6. The minimum atomic E-state index is -4.80. The smallest absolute Gasteiger partial charge is 0.417 e. The van der Waals surface area contributed by atoms with Crippen LogP contribution in [0.2, 0.25) is 0 Å². The molecule has 1 atom stereocenters. The molecule has 1 spiro atoms. The van der Waals surface area contributed by atoms with Gasteiger partial charge in [0.15, 0.2) is 0 Å². The molecule has 0 radical (unpaired) electrons. The largest absolute Gasteiger partial charge is 0.444 e. The SMILES string of the molecule is CC(C)(C)OC(=O)N1CCC2(CC1)C(/C=C/c1ccc(F)cc1C(F)(F)F)C2(F)F. The minimum absolute atomic E-state index is 0.0177. The molecule has 1 aliphatic carbocycles. The van der Waals surface area contributed by atoms with E-state index in [9.17, 15) is 31.1 Å². The number of alkyl halides is 5. The molecule has 1 aromatic carbocycles. The van der Waals surface area contributed by atoms with Gasteiger partial charge in [0, 0.05) is 13.1 Å². The van der Waals surface area contributed by atoms with Crippen LogP contribution in [0.3, 0.4) is 0 Å². The number of amides is 1. The fourth-order valence-corrected chi connectivity index (χ4v) is 4.02. The fourth-order valence-electron chi connectivity index (χ4n) is 4.02. The lowest BCUT2D eigenvalue weighted by atomic mass is 9.90. The van der Waals surface area contributed by atoms with Crippen LogP contribution >= 0.6 is 0 Å². The molecule has 1 aromatic rings. The summed E-state index contributed by atoms with van der Waals surface area (Å²) in [6, 6.07) is 2.13. The third-order valence-electron chi connectivity index (χ3n) is 5.66. The molecule has 1 saturated heterocycles. The number of likely N-dealkylation sites (tertiary alicyclic amines) is 1. The Bertz CT molecular complexity index is 848. The summed E-state index contributed by atoms with van der Waals surface area (Å²) in [5.41, 5.74) is -3.67. The van der Waals surface area contributed by atoms with Gasteiger partial charge in [0.05, 0.1) is 16.9 Å². The molecule has 1 amide bonds. The Balaban J connectivity index is 1.73. The highest BCUT2D eigenvalue weighted by Gasteiger charge is 2.78. The van der Waals surface area contributed by atoms with Crippen molar-refractivity contribution in [2.45, 2.75) is 51.3 Å². The van der Waals surface area contributed by atoms with Crippen molar-refractivity contribution in [1.82, 2.24) is 4.90 Å². The highest BCUT2D eigenvalue weighted by molar-refractivity contribution is 5.68. The minimum Gasteiger partial charge on any atom is -0.444 e. The number of piperidine rings is 1. The van der Waals surface area contributed by atoms with Gasteiger partial charge in [-0.2, -0.15) is 13.2 Å². The predicted molar refractivity (Wildman–Crippen MR) is 98.3 cm³/mol. The molecule has 1 heterocycles. The molecule has 1 saturated carbocycles. The van der Waals surface area contributed by atoms with Gasteiger partial charge in [0.1, 0.15) is 11.4 Å². The molecule has 166 valence electrons. The highest BCUT2D eigenvalue weighted by Crippen LogP contribution is 2.71. The zero-order valence-electron chi connectivity index (χ0n) is 16.8. The second-order valence-corrected chi connectivity index (χ2v) is 8.81. The van der Waals surface area contributed by atoms with Gasteiger partial charge in [-0.05, 0) is 51.3 Å². The van der Waals surface area contributed by atoms with Crippen LogP contribution in [0.1, 0.15) is 44.7 Å².